The van der Waals surface area contributed by atoms with Gasteiger partial charge in [-0.05, 0) is 18.2 Å². The minimum atomic E-state index is -0.743. The van der Waals surface area contributed by atoms with Crippen LogP contribution < -0.4 is 4.74 Å². The van der Waals surface area contributed by atoms with Crippen molar-refractivity contribution >= 4 is 17.4 Å². The zero-order valence-corrected chi connectivity index (χ0v) is 9.54. The van der Waals surface area contributed by atoms with Gasteiger partial charge in [-0.15, -0.1) is 0 Å². The number of halogens is 1. The minimum absolute atomic E-state index is 0.101. The number of methoxy groups -OCH3 is 1. The SMILES string of the molecule is COc1ccc(Cl)cc1C1(C#N)CC(=O)C1. The predicted octanol–water partition coefficient (Wildman–Crippen LogP) is 2.47. The van der Waals surface area contributed by atoms with Crippen molar-refractivity contribution in [1.82, 2.24) is 0 Å². The van der Waals surface area contributed by atoms with Gasteiger partial charge in [-0.2, -0.15) is 5.26 Å². The average Bonchev–Trinajstić information content (AvgIpc) is 2.24. The van der Waals surface area contributed by atoms with Gasteiger partial charge in [0, 0.05) is 23.4 Å². The van der Waals surface area contributed by atoms with Crippen LogP contribution in [0.15, 0.2) is 18.2 Å². The van der Waals surface area contributed by atoms with Crippen molar-refractivity contribution in [3.63, 3.8) is 0 Å². The zero-order chi connectivity index (χ0) is 11.8. The maximum atomic E-state index is 11.1. The van der Waals surface area contributed by atoms with Gasteiger partial charge in [0.15, 0.2) is 0 Å². The fourth-order valence-electron chi connectivity index (χ4n) is 2.01. The molecule has 0 radical (unpaired) electrons. The molecule has 1 aliphatic rings. The van der Waals surface area contributed by atoms with E-state index in [1.54, 1.807) is 18.2 Å². The van der Waals surface area contributed by atoms with Crippen molar-refractivity contribution in [1.29, 1.82) is 5.26 Å². The van der Waals surface area contributed by atoms with Crippen LogP contribution in [0.4, 0.5) is 0 Å². The number of ether oxygens (including phenoxy) is 1. The first-order valence-electron chi connectivity index (χ1n) is 4.88. The van der Waals surface area contributed by atoms with E-state index in [0.29, 0.717) is 16.3 Å². The Kier molecular flexibility index (Phi) is 2.61. The summed E-state index contributed by atoms with van der Waals surface area (Å²) in [6, 6.07) is 7.33. The van der Waals surface area contributed by atoms with Gasteiger partial charge in [0.1, 0.15) is 11.5 Å². The summed E-state index contributed by atoms with van der Waals surface area (Å²) in [5.74, 6) is 0.710. The zero-order valence-electron chi connectivity index (χ0n) is 8.79. The molecule has 1 aliphatic carbocycles. The first kappa shape index (κ1) is 11.0. The van der Waals surface area contributed by atoms with Gasteiger partial charge in [-0.1, -0.05) is 11.6 Å². The van der Waals surface area contributed by atoms with Crippen LogP contribution in [0.25, 0.3) is 0 Å². The number of nitriles is 1. The Morgan fingerprint density at radius 2 is 2.19 bits per heavy atom. The fraction of sp³-hybridized carbons (Fsp3) is 0.333. The molecule has 16 heavy (non-hydrogen) atoms. The first-order valence-corrected chi connectivity index (χ1v) is 5.26. The van der Waals surface area contributed by atoms with Crippen LogP contribution in [0.5, 0.6) is 5.75 Å². The Morgan fingerprint density at radius 1 is 1.50 bits per heavy atom. The maximum Gasteiger partial charge on any atom is 0.136 e. The van der Waals surface area contributed by atoms with Gasteiger partial charge in [-0.25, -0.2) is 0 Å². The number of benzene rings is 1. The van der Waals surface area contributed by atoms with Crippen molar-refractivity contribution < 1.29 is 9.53 Å². The molecule has 0 saturated heterocycles. The summed E-state index contributed by atoms with van der Waals surface area (Å²) in [6.07, 6.45) is 0.500. The van der Waals surface area contributed by atoms with Crippen molar-refractivity contribution in [3.05, 3.63) is 28.8 Å². The standard InChI is InChI=1S/C12H10ClNO2/c1-16-11-3-2-8(13)4-10(11)12(7-14)5-9(15)6-12/h2-4H,5-6H2,1H3. The normalized spacial score (nSPS) is 17.4. The molecule has 4 heteroatoms. The monoisotopic (exact) mass is 235 g/mol. The number of ketones is 1. The maximum absolute atomic E-state index is 11.1. The van der Waals surface area contributed by atoms with E-state index in [1.165, 1.54) is 7.11 Å². The molecule has 0 unspecified atom stereocenters. The number of carbonyl (C=O) groups excluding carboxylic acids is 1. The Balaban J connectivity index is 2.50. The van der Waals surface area contributed by atoms with E-state index in [2.05, 4.69) is 6.07 Å². The van der Waals surface area contributed by atoms with Gasteiger partial charge in [0.05, 0.1) is 18.6 Å². The molecule has 3 nitrogen and oxygen atoms in total. The van der Waals surface area contributed by atoms with Crippen LogP contribution in [0.3, 0.4) is 0 Å². The lowest BCUT2D eigenvalue weighted by Gasteiger charge is -2.35. The number of hydrogen-bond acceptors (Lipinski definition) is 3. The van der Waals surface area contributed by atoms with Gasteiger partial charge < -0.3 is 4.74 Å². The molecule has 2 rings (SSSR count). The topological polar surface area (TPSA) is 50.1 Å². The number of rotatable bonds is 2. The molecule has 1 fully saturated rings. The van der Waals surface area contributed by atoms with Crippen LogP contribution in [0, 0.1) is 11.3 Å². The molecule has 1 aromatic rings. The Hall–Kier alpha value is -1.53. The summed E-state index contributed by atoms with van der Waals surface area (Å²) in [5.41, 5.74) is -0.0301. The molecular weight excluding hydrogens is 226 g/mol. The summed E-state index contributed by atoms with van der Waals surface area (Å²) < 4.78 is 5.20. The highest BCUT2D eigenvalue weighted by Crippen LogP contribution is 2.45. The van der Waals surface area contributed by atoms with Crippen LogP contribution in [0.2, 0.25) is 5.02 Å². The summed E-state index contributed by atoms with van der Waals surface area (Å²) >= 11 is 5.90. The minimum Gasteiger partial charge on any atom is -0.496 e. The average molecular weight is 236 g/mol. The molecular formula is C12H10ClNO2. The number of nitrogens with zero attached hydrogens (tertiary/aromatic N) is 1. The smallest absolute Gasteiger partial charge is 0.136 e. The first-order chi connectivity index (χ1) is 7.61. The van der Waals surface area contributed by atoms with E-state index >= 15 is 0 Å². The molecule has 0 aromatic heterocycles. The summed E-state index contributed by atoms with van der Waals surface area (Å²) in [7, 11) is 1.54. The fourth-order valence-corrected chi connectivity index (χ4v) is 2.18. The van der Waals surface area contributed by atoms with E-state index in [0.717, 1.165) is 0 Å². The summed E-state index contributed by atoms with van der Waals surface area (Å²) in [6.45, 7) is 0. The molecule has 0 bridgehead atoms. The van der Waals surface area contributed by atoms with Gasteiger partial charge in [-0.3, -0.25) is 4.79 Å². The molecule has 0 N–H and O–H groups in total. The lowest BCUT2D eigenvalue weighted by Crippen LogP contribution is -2.40. The van der Waals surface area contributed by atoms with Crippen LogP contribution >= 0.6 is 11.6 Å². The second kappa shape index (κ2) is 3.80. The largest absolute Gasteiger partial charge is 0.496 e. The molecule has 0 spiro atoms. The van der Waals surface area contributed by atoms with Crippen molar-refractivity contribution in [2.75, 3.05) is 7.11 Å². The lowest BCUT2D eigenvalue weighted by atomic mass is 9.64. The lowest BCUT2D eigenvalue weighted by molar-refractivity contribution is -0.126. The Labute approximate surface area is 98.6 Å². The molecule has 0 atom stereocenters. The molecule has 82 valence electrons. The van der Waals surface area contributed by atoms with Gasteiger partial charge >= 0.3 is 0 Å². The van der Waals surface area contributed by atoms with Crippen LogP contribution in [-0.2, 0) is 10.2 Å². The highest BCUT2D eigenvalue weighted by atomic mass is 35.5. The predicted molar refractivity (Wildman–Crippen MR) is 59.5 cm³/mol. The van der Waals surface area contributed by atoms with Crippen LogP contribution in [-0.4, -0.2) is 12.9 Å². The van der Waals surface area contributed by atoms with Gasteiger partial charge in [0.2, 0.25) is 0 Å². The summed E-state index contributed by atoms with van der Waals surface area (Å²) in [4.78, 5) is 11.1. The molecule has 0 amide bonds. The van der Waals surface area contributed by atoms with E-state index in [1.807, 2.05) is 0 Å². The number of Topliss-reactive ketones (excluding diaryl/α,β-unsaturated/α-hetero) is 1. The molecule has 1 aromatic carbocycles. The van der Waals surface area contributed by atoms with Crippen molar-refractivity contribution in [3.8, 4) is 11.8 Å². The van der Waals surface area contributed by atoms with E-state index < -0.39 is 5.41 Å². The van der Waals surface area contributed by atoms with Crippen molar-refractivity contribution in [2.45, 2.75) is 18.3 Å². The second-order valence-electron chi connectivity index (χ2n) is 3.93. The molecule has 1 saturated carbocycles. The highest BCUT2D eigenvalue weighted by molar-refractivity contribution is 6.30. The quantitative estimate of drug-likeness (QED) is 0.791. The third-order valence-corrected chi connectivity index (χ3v) is 3.12. The Bertz CT molecular complexity index is 482. The van der Waals surface area contributed by atoms with E-state index in [9.17, 15) is 10.1 Å². The Morgan fingerprint density at radius 3 is 2.69 bits per heavy atom. The van der Waals surface area contributed by atoms with Crippen LogP contribution in [0.1, 0.15) is 18.4 Å². The number of hydrogen-bond donors (Lipinski definition) is 0. The number of carbonyl (C=O) groups is 1. The van der Waals surface area contributed by atoms with Gasteiger partial charge in [0.25, 0.3) is 0 Å². The third kappa shape index (κ3) is 1.56. The molecule has 0 heterocycles. The van der Waals surface area contributed by atoms with Crippen molar-refractivity contribution in [2.24, 2.45) is 0 Å². The second-order valence-corrected chi connectivity index (χ2v) is 4.37. The third-order valence-electron chi connectivity index (χ3n) is 2.89. The molecule has 0 aliphatic heterocycles. The summed E-state index contributed by atoms with van der Waals surface area (Å²) in [5, 5.41) is 9.76. The van der Waals surface area contributed by atoms with E-state index in [-0.39, 0.29) is 18.6 Å². The van der Waals surface area contributed by atoms with E-state index in [4.69, 9.17) is 16.3 Å². The highest BCUT2D eigenvalue weighted by Gasteiger charge is 2.47.